The maximum atomic E-state index is 12.6. The first-order chi connectivity index (χ1) is 16.5. The Balaban J connectivity index is 1.16. The predicted octanol–water partition coefficient (Wildman–Crippen LogP) is 2.41. The number of anilines is 1. The Labute approximate surface area is 198 Å². The van der Waals surface area contributed by atoms with E-state index in [9.17, 15) is 14.4 Å². The van der Waals surface area contributed by atoms with Crippen molar-refractivity contribution in [3.63, 3.8) is 0 Å². The lowest BCUT2D eigenvalue weighted by atomic mass is 9.77. The van der Waals surface area contributed by atoms with Crippen LogP contribution in [0.3, 0.4) is 0 Å². The van der Waals surface area contributed by atoms with Gasteiger partial charge < -0.3 is 10.5 Å². The minimum absolute atomic E-state index is 0.000483. The van der Waals surface area contributed by atoms with Gasteiger partial charge in [0.05, 0.1) is 23.6 Å². The van der Waals surface area contributed by atoms with E-state index in [4.69, 9.17) is 10.5 Å². The van der Waals surface area contributed by atoms with E-state index >= 15 is 0 Å². The molecule has 3 aliphatic rings. The Bertz CT molecular complexity index is 1140. The minimum Gasteiger partial charge on any atom is -0.494 e. The van der Waals surface area contributed by atoms with Crippen LogP contribution in [-0.2, 0) is 16.1 Å². The van der Waals surface area contributed by atoms with E-state index in [2.05, 4.69) is 15.2 Å². The highest BCUT2D eigenvalue weighted by Crippen LogP contribution is 2.36. The lowest BCUT2D eigenvalue weighted by molar-refractivity contribution is -0.126. The van der Waals surface area contributed by atoms with Crippen LogP contribution in [0.15, 0.2) is 23.0 Å². The van der Waals surface area contributed by atoms with Crippen molar-refractivity contribution in [2.75, 3.05) is 18.5 Å². The van der Waals surface area contributed by atoms with Crippen LogP contribution >= 0.6 is 0 Å². The van der Waals surface area contributed by atoms with Crippen LogP contribution < -0.4 is 21.3 Å². The summed E-state index contributed by atoms with van der Waals surface area (Å²) in [6, 6.07) is 5.49. The number of carbonyl (C=O) groups is 2. The maximum absolute atomic E-state index is 12.6. The van der Waals surface area contributed by atoms with E-state index in [1.54, 1.807) is 18.2 Å². The molecule has 5 rings (SSSR count). The van der Waals surface area contributed by atoms with Gasteiger partial charge in [-0.05, 0) is 69.5 Å². The molecule has 2 amide bonds. The molecule has 0 bridgehead atoms. The van der Waals surface area contributed by atoms with Crippen LogP contribution in [0.1, 0.15) is 57.8 Å². The molecule has 9 heteroatoms. The van der Waals surface area contributed by atoms with E-state index in [1.165, 1.54) is 36.7 Å². The van der Waals surface area contributed by atoms with Gasteiger partial charge in [0.1, 0.15) is 12.3 Å². The number of aromatic nitrogens is 2. The summed E-state index contributed by atoms with van der Waals surface area (Å²) >= 11 is 0. The fourth-order valence-corrected chi connectivity index (χ4v) is 5.99. The Morgan fingerprint density at radius 1 is 1.18 bits per heavy atom. The maximum Gasteiger partial charge on any atom is 0.263 e. The van der Waals surface area contributed by atoms with Gasteiger partial charge in [0, 0.05) is 12.1 Å². The normalized spacial score (nSPS) is 23.2. The van der Waals surface area contributed by atoms with E-state index < -0.39 is 0 Å². The first-order valence-corrected chi connectivity index (χ1v) is 12.5. The molecular formula is C25H33N5O4. The van der Waals surface area contributed by atoms with Crippen molar-refractivity contribution < 1.29 is 14.3 Å². The van der Waals surface area contributed by atoms with Crippen LogP contribution in [0.5, 0.6) is 5.75 Å². The SMILES string of the molecule is NC(=O)C(CCCCOc1ccc2c(=O)n3c(nc2c1)NC(=O)C3)N1CCCC2CCCCC21. The first-order valence-electron chi connectivity index (χ1n) is 12.5. The van der Waals surface area contributed by atoms with Crippen molar-refractivity contribution in [2.45, 2.75) is 76.4 Å². The Morgan fingerprint density at radius 2 is 2.00 bits per heavy atom. The summed E-state index contributed by atoms with van der Waals surface area (Å²) in [6.07, 6.45) is 9.87. The number of nitrogens with two attached hydrogens (primary N) is 1. The zero-order valence-electron chi connectivity index (χ0n) is 19.5. The molecule has 2 aliphatic heterocycles. The standard InChI is InChI=1S/C25H33N5O4/c26-23(32)21(29-12-5-7-16-6-1-2-8-20(16)29)9-3-4-13-34-17-10-11-18-19(14-17)27-25-28-22(31)15-30(25)24(18)33/h10-11,14,16,20-21H,1-9,12-13,15H2,(H2,26,32)(H,27,28,31). The van der Waals surface area contributed by atoms with Crippen molar-refractivity contribution in [3.8, 4) is 5.75 Å². The highest BCUT2D eigenvalue weighted by Gasteiger charge is 2.38. The molecule has 1 aromatic heterocycles. The van der Waals surface area contributed by atoms with Gasteiger partial charge in [-0.15, -0.1) is 0 Å². The van der Waals surface area contributed by atoms with Crippen molar-refractivity contribution in [2.24, 2.45) is 11.7 Å². The van der Waals surface area contributed by atoms with Gasteiger partial charge in [0.15, 0.2) is 0 Å². The number of hydrogen-bond acceptors (Lipinski definition) is 6. The molecule has 0 spiro atoms. The van der Waals surface area contributed by atoms with E-state index in [-0.39, 0.29) is 35.9 Å². The fraction of sp³-hybridized carbons (Fsp3) is 0.600. The molecule has 3 N–H and O–H groups in total. The highest BCUT2D eigenvalue weighted by molar-refractivity contribution is 5.94. The summed E-state index contributed by atoms with van der Waals surface area (Å²) in [5, 5.41) is 3.06. The fourth-order valence-electron chi connectivity index (χ4n) is 5.99. The number of benzene rings is 1. The van der Waals surface area contributed by atoms with Gasteiger partial charge in [0.25, 0.3) is 5.56 Å². The smallest absolute Gasteiger partial charge is 0.263 e. The number of nitrogens with zero attached hydrogens (tertiary/aromatic N) is 3. The topological polar surface area (TPSA) is 120 Å². The second kappa shape index (κ2) is 9.74. The Hall–Kier alpha value is -2.94. The number of unbranched alkanes of at least 4 members (excludes halogenated alkanes) is 1. The first kappa shape index (κ1) is 22.8. The summed E-state index contributed by atoms with van der Waals surface area (Å²) in [4.78, 5) is 43.3. The van der Waals surface area contributed by atoms with Crippen LogP contribution in [-0.4, -0.2) is 51.5 Å². The van der Waals surface area contributed by atoms with Crippen molar-refractivity contribution in [3.05, 3.63) is 28.6 Å². The van der Waals surface area contributed by atoms with Crippen molar-refractivity contribution in [1.82, 2.24) is 14.5 Å². The lowest BCUT2D eigenvalue weighted by Crippen LogP contribution is -2.55. The number of amides is 2. The molecular weight excluding hydrogens is 434 g/mol. The van der Waals surface area contributed by atoms with Crippen LogP contribution in [0, 0.1) is 5.92 Å². The molecule has 1 aliphatic carbocycles. The molecule has 1 aromatic carbocycles. The number of rotatable bonds is 8. The van der Waals surface area contributed by atoms with Gasteiger partial charge in [-0.1, -0.05) is 12.8 Å². The lowest BCUT2D eigenvalue weighted by Gasteiger charge is -2.47. The second-order valence-corrected chi connectivity index (χ2v) is 9.81. The average Bonchev–Trinajstić information content (AvgIpc) is 3.21. The second-order valence-electron chi connectivity index (χ2n) is 9.81. The minimum atomic E-state index is -0.241. The number of nitrogens with one attached hydrogen (secondary N) is 1. The largest absolute Gasteiger partial charge is 0.494 e. The Kier molecular flexibility index (Phi) is 6.54. The molecule has 1 saturated heterocycles. The van der Waals surface area contributed by atoms with Gasteiger partial charge in [-0.25, -0.2) is 4.98 Å². The summed E-state index contributed by atoms with van der Waals surface area (Å²) in [5.41, 5.74) is 6.10. The third kappa shape index (κ3) is 4.53. The van der Waals surface area contributed by atoms with Gasteiger partial charge >= 0.3 is 0 Å². The number of ether oxygens (including phenoxy) is 1. The van der Waals surface area contributed by atoms with Crippen LogP contribution in [0.4, 0.5) is 5.95 Å². The molecule has 2 fully saturated rings. The number of fused-ring (bicyclic) bond motifs is 3. The monoisotopic (exact) mass is 467 g/mol. The number of primary amides is 1. The molecule has 34 heavy (non-hydrogen) atoms. The Morgan fingerprint density at radius 3 is 2.85 bits per heavy atom. The van der Waals surface area contributed by atoms with Crippen LogP contribution in [0.2, 0.25) is 0 Å². The predicted molar refractivity (Wildman–Crippen MR) is 129 cm³/mol. The highest BCUT2D eigenvalue weighted by atomic mass is 16.5. The number of carbonyl (C=O) groups excluding carboxylic acids is 2. The summed E-state index contributed by atoms with van der Waals surface area (Å²) in [5.74, 6) is 1.17. The molecule has 0 radical (unpaired) electrons. The molecule has 182 valence electrons. The summed E-state index contributed by atoms with van der Waals surface area (Å²) in [7, 11) is 0. The van der Waals surface area contributed by atoms with E-state index in [0.29, 0.717) is 29.3 Å². The van der Waals surface area contributed by atoms with Crippen molar-refractivity contribution >= 4 is 28.7 Å². The molecule has 3 atom stereocenters. The number of hydrogen-bond donors (Lipinski definition) is 2. The third-order valence-corrected chi connectivity index (χ3v) is 7.64. The third-order valence-electron chi connectivity index (χ3n) is 7.64. The van der Waals surface area contributed by atoms with Crippen molar-refractivity contribution in [1.29, 1.82) is 0 Å². The molecule has 9 nitrogen and oxygen atoms in total. The average molecular weight is 468 g/mol. The van der Waals surface area contributed by atoms with Gasteiger partial charge in [0.2, 0.25) is 17.8 Å². The molecule has 1 saturated carbocycles. The summed E-state index contributed by atoms with van der Waals surface area (Å²) < 4.78 is 7.25. The number of likely N-dealkylation sites (tertiary alicyclic amines) is 1. The van der Waals surface area contributed by atoms with E-state index in [0.717, 1.165) is 38.1 Å². The molecule has 3 heterocycles. The van der Waals surface area contributed by atoms with Gasteiger partial charge in [-0.2, -0.15) is 0 Å². The number of piperidine rings is 1. The van der Waals surface area contributed by atoms with Crippen LogP contribution in [0.25, 0.3) is 10.9 Å². The van der Waals surface area contributed by atoms with Gasteiger partial charge in [-0.3, -0.25) is 29.2 Å². The van der Waals surface area contributed by atoms with E-state index in [1.807, 2.05) is 0 Å². The quantitative estimate of drug-likeness (QED) is 0.576. The molecule has 2 aromatic rings. The summed E-state index contributed by atoms with van der Waals surface area (Å²) in [6.45, 7) is 1.48. The zero-order valence-corrected chi connectivity index (χ0v) is 19.5. The zero-order chi connectivity index (χ0) is 23.7. The molecule has 3 unspecified atom stereocenters.